The van der Waals surface area contributed by atoms with Crippen LogP contribution >= 0.6 is 11.3 Å². The third-order valence-electron chi connectivity index (χ3n) is 4.33. The van der Waals surface area contributed by atoms with Gasteiger partial charge in [0.15, 0.2) is 0 Å². The Morgan fingerprint density at radius 2 is 2.31 bits per heavy atom. The number of carbonyl (C=O) groups is 2. The van der Waals surface area contributed by atoms with Crippen LogP contribution in [0.1, 0.15) is 53.2 Å². The minimum Gasteiger partial charge on any atom is -0.465 e. The fourth-order valence-corrected chi connectivity index (χ4v) is 4.42. The van der Waals surface area contributed by atoms with Crippen LogP contribution in [0.4, 0.5) is 5.00 Å². The van der Waals surface area contributed by atoms with Crippen molar-refractivity contribution in [3.05, 3.63) is 46.2 Å². The molecule has 2 heterocycles. The number of thiophene rings is 1. The highest BCUT2D eigenvalue weighted by atomic mass is 32.1. The number of rotatable bonds is 6. The Morgan fingerprint density at radius 3 is 3.04 bits per heavy atom. The van der Waals surface area contributed by atoms with Gasteiger partial charge >= 0.3 is 5.97 Å². The number of furan rings is 1. The maximum atomic E-state index is 12.6. The van der Waals surface area contributed by atoms with Crippen molar-refractivity contribution in [3.8, 4) is 0 Å². The van der Waals surface area contributed by atoms with Crippen LogP contribution in [0, 0.1) is 5.92 Å². The van der Waals surface area contributed by atoms with Gasteiger partial charge in [0.05, 0.1) is 18.4 Å². The Labute approximate surface area is 157 Å². The summed E-state index contributed by atoms with van der Waals surface area (Å²) in [6.45, 7) is 4.55. The predicted molar refractivity (Wildman–Crippen MR) is 102 cm³/mol. The van der Waals surface area contributed by atoms with Gasteiger partial charge in [-0.2, -0.15) is 0 Å². The number of hydrogen-bond donors (Lipinski definition) is 1. The quantitative estimate of drug-likeness (QED) is 0.589. The van der Waals surface area contributed by atoms with E-state index in [1.54, 1.807) is 24.5 Å². The normalized spacial score (nSPS) is 16.5. The molecule has 1 N–H and O–H groups in total. The van der Waals surface area contributed by atoms with Crippen molar-refractivity contribution in [1.29, 1.82) is 0 Å². The maximum absolute atomic E-state index is 12.6. The first-order valence-corrected chi connectivity index (χ1v) is 9.74. The zero-order chi connectivity index (χ0) is 18.5. The minimum absolute atomic E-state index is 0.294. The molecule has 1 aliphatic carbocycles. The van der Waals surface area contributed by atoms with Crippen LogP contribution in [0.3, 0.4) is 0 Å². The monoisotopic (exact) mass is 373 g/mol. The molecule has 0 saturated heterocycles. The number of carbonyl (C=O) groups excluding carboxylic acids is 2. The van der Waals surface area contributed by atoms with E-state index in [1.165, 1.54) is 22.3 Å². The van der Waals surface area contributed by atoms with Crippen molar-refractivity contribution >= 4 is 34.3 Å². The Morgan fingerprint density at radius 1 is 1.46 bits per heavy atom. The third-order valence-corrected chi connectivity index (χ3v) is 5.50. The fourth-order valence-electron chi connectivity index (χ4n) is 3.02. The van der Waals surface area contributed by atoms with E-state index in [0.717, 1.165) is 31.2 Å². The lowest BCUT2D eigenvalue weighted by molar-refractivity contribution is -0.111. The van der Waals surface area contributed by atoms with Gasteiger partial charge in [0.25, 0.3) is 0 Å². The van der Waals surface area contributed by atoms with Crippen molar-refractivity contribution in [1.82, 2.24) is 0 Å². The molecule has 0 fully saturated rings. The Balaban J connectivity index is 1.83. The molecule has 1 amide bonds. The molecule has 1 atom stereocenters. The zero-order valence-electron chi connectivity index (χ0n) is 15.0. The highest BCUT2D eigenvalue weighted by Crippen LogP contribution is 2.40. The van der Waals surface area contributed by atoms with Crippen molar-refractivity contribution < 1.29 is 18.7 Å². The largest absolute Gasteiger partial charge is 0.465 e. The highest BCUT2D eigenvalue weighted by Gasteiger charge is 2.28. The lowest BCUT2D eigenvalue weighted by Crippen LogP contribution is -2.16. The first-order valence-electron chi connectivity index (χ1n) is 8.92. The van der Waals surface area contributed by atoms with Gasteiger partial charge < -0.3 is 14.5 Å². The number of hydrogen-bond acceptors (Lipinski definition) is 5. The smallest absolute Gasteiger partial charge is 0.341 e. The molecule has 1 unspecified atom stereocenters. The van der Waals surface area contributed by atoms with Crippen molar-refractivity contribution in [2.45, 2.75) is 39.5 Å². The molecule has 26 heavy (non-hydrogen) atoms. The summed E-state index contributed by atoms with van der Waals surface area (Å²) in [6.07, 6.45) is 8.15. The number of anilines is 1. The zero-order valence-corrected chi connectivity index (χ0v) is 15.9. The molecule has 2 aromatic heterocycles. The van der Waals surface area contributed by atoms with Crippen LogP contribution in [0.15, 0.2) is 28.9 Å². The van der Waals surface area contributed by atoms with Gasteiger partial charge in [-0.05, 0) is 55.4 Å². The second-order valence-corrected chi connectivity index (χ2v) is 7.63. The molecule has 5 nitrogen and oxygen atoms in total. The van der Waals surface area contributed by atoms with Gasteiger partial charge in [-0.15, -0.1) is 11.3 Å². The number of nitrogens with one attached hydrogen (secondary N) is 1. The van der Waals surface area contributed by atoms with Crippen LogP contribution in [0.25, 0.3) is 6.08 Å². The number of esters is 1. The first-order chi connectivity index (χ1) is 12.6. The molecule has 3 rings (SSSR count). The maximum Gasteiger partial charge on any atom is 0.341 e. The summed E-state index contributed by atoms with van der Waals surface area (Å²) in [5, 5.41) is 3.44. The number of ether oxygens (including phenoxy) is 1. The van der Waals surface area contributed by atoms with E-state index in [9.17, 15) is 9.59 Å². The van der Waals surface area contributed by atoms with Gasteiger partial charge in [-0.25, -0.2) is 4.79 Å². The number of amides is 1. The number of fused-ring (bicyclic) bond motifs is 1. The molecule has 6 heteroatoms. The molecule has 0 aliphatic heterocycles. The van der Waals surface area contributed by atoms with Crippen LogP contribution in [-0.4, -0.2) is 18.5 Å². The topological polar surface area (TPSA) is 68.5 Å². The summed E-state index contributed by atoms with van der Waals surface area (Å²) in [5.41, 5.74) is 1.57. The van der Waals surface area contributed by atoms with E-state index in [0.29, 0.717) is 28.8 Å². The first kappa shape index (κ1) is 18.5. The molecule has 2 aromatic rings. The van der Waals surface area contributed by atoms with Crippen LogP contribution in [0.5, 0.6) is 0 Å². The standard InChI is InChI=1S/C20H23NO4S/c1-3-10-25-20(23)18-15-8-6-13(2)12-16(15)26-19(18)21-17(22)9-7-14-5-4-11-24-14/h4-5,7,9,11,13H,3,6,8,10,12H2,1-2H3,(H,21,22)/b9-7+. The summed E-state index contributed by atoms with van der Waals surface area (Å²) < 4.78 is 10.5. The lowest BCUT2D eigenvalue weighted by atomic mass is 9.88. The minimum atomic E-state index is -0.343. The molecule has 0 radical (unpaired) electrons. The fraction of sp³-hybridized carbons (Fsp3) is 0.400. The summed E-state index contributed by atoms with van der Waals surface area (Å²) >= 11 is 1.49. The average molecular weight is 373 g/mol. The van der Waals surface area contributed by atoms with Gasteiger partial charge in [-0.3, -0.25) is 4.79 Å². The second-order valence-electron chi connectivity index (χ2n) is 6.53. The lowest BCUT2D eigenvalue weighted by Gasteiger charge is -2.18. The van der Waals surface area contributed by atoms with Crippen LogP contribution in [0.2, 0.25) is 0 Å². The van der Waals surface area contributed by atoms with E-state index in [-0.39, 0.29) is 11.9 Å². The van der Waals surface area contributed by atoms with Crippen molar-refractivity contribution in [2.75, 3.05) is 11.9 Å². The molecular weight excluding hydrogens is 350 g/mol. The molecule has 1 aliphatic rings. The van der Waals surface area contributed by atoms with Crippen LogP contribution in [-0.2, 0) is 22.4 Å². The second kappa shape index (κ2) is 8.36. The van der Waals surface area contributed by atoms with E-state index < -0.39 is 0 Å². The molecule has 0 spiro atoms. The highest BCUT2D eigenvalue weighted by molar-refractivity contribution is 7.17. The molecule has 0 saturated carbocycles. The summed E-state index contributed by atoms with van der Waals surface area (Å²) in [7, 11) is 0. The van der Waals surface area contributed by atoms with E-state index >= 15 is 0 Å². The molecular formula is C20H23NO4S. The van der Waals surface area contributed by atoms with E-state index in [4.69, 9.17) is 9.15 Å². The van der Waals surface area contributed by atoms with Gasteiger partial charge in [0, 0.05) is 11.0 Å². The third kappa shape index (κ3) is 4.25. The Bertz CT molecular complexity index is 804. The van der Waals surface area contributed by atoms with Gasteiger partial charge in [0.1, 0.15) is 10.8 Å². The van der Waals surface area contributed by atoms with E-state index in [1.807, 2.05) is 6.92 Å². The van der Waals surface area contributed by atoms with Crippen LogP contribution < -0.4 is 5.32 Å². The van der Waals surface area contributed by atoms with Crippen molar-refractivity contribution in [2.24, 2.45) is 5.92 Å². The predicted octanol–water partition coefficient (Wildman–Crippen LogP) is 4.68. The van der Waals surface area contributed by atoms with Gasteiger partial charge in [-0.1, -0.05) is 13.8 Å². The van der Waals surface area contributed by atoms with E-state index in [2.05, 4.69) is 12.2 Å². The molecule has 0 aromatic carbocycles. The summed E-state index contributed by atoms with van der Waals surface area (Å²) in [5.74, 6) is 0.548. The Kier molecular flexibility index (Phi) is 5.93. The van der Waals surface area contributed by atoms with Gasteiger partial charge in [0.2, 0.25) is 5.91 Å². The molecule has 138 valence electrons. The summed E-state index contributed by atoms with van der Waals surface area (Å²) in [6, 6.07) is 3.52. The SMILES string of the molecule is CCCOC(=O)c1c(NC(=O)/C=C/c2ccco2)sc2c1CCC(C)C2. The van der Waals surface area contributed by atoms with Crippen molar-refractivity contribution in [3.63, 3.8) is 0 Å². The Hall–Kier alpha value is -2.34. The molecule has 0 bridgehead atoms. The summed E-state index contributed by atoms with van der Waals surface area (Å²) in [4.78, 5) is 26.0. The average Bonchev–Trinajstić information content (AvgIpc) is 3.24.